The molecule has 3 aromatic carbocycles. The van der Waals surface area contributed by atoms with Crippen molar-refractivity contribution in [2.75, 3.05) is 11.8 Å². The van der Waals surface area contributed by atoms with Crippen molar-refractivity contribution in [1.82, 2.24) is 0 Å². The normalized spacial score (nSPS) is 10.7. The predicted octanol–water partition coefficient (Wildman–Crippen LogP) is 4.16. The Hall–Kier alpha value is -3.50. The summed E-state index contributed by atoms with van der Waals surface area (Å²) in [6.45, 7) is 0. The first-order valence-electron chi connectivity index (χ1n) is 7.96. The molecular formula is C20H16N2O4S. The van der Waals surface area contributed by atoms with Crippen LogP contribution in [0.5, 0.6) is 17.2 Å². The fourth-order valence-corrected chi connectivity index (χ4v) is 3.64. The first-order chi connectivity index (χ1) is 13.0. The van der Waals surface area contributed by atoms with E-state index >= 15 is 0 Å². The van der Waals surface area contributed by atoms with Gasteiger partial charge in [0.2, 0.25) is 0 Å². The number of para-hydroxylation sites is 2. The molecule has 7 heteroatoms. The van der Waals surface area contributed by atoms with Gasteiger partial charge in [0.25, 0.3) is 10.0 Å². The summed E-state index contributed by atoms with van der Waals surface area (Å²) in [6, 6.07) is 21.6. The first kappa shape index (κ1) is 18.3. The van der Waals surface area contributed by atoms with Crippen molar-refractivity contribution in [2.45, 2.75) is 4.90 Å². The molecule has 27 heavy (non-hydrogen) atoms. The zero-order valence-electron chi connectivity index (χ0n) is 14.4. The summed E-state index contributed by atoms with van der Waals surface area (Å²) in [5, 5.41) is 9.10. The lowest BCUT2D eigenvalue weighted by molar-refractivity contribution is 0.379. The van der Waals surface area contributed by atoms with Crippen LogP contribution in [0.15, 0.2) is 77.7 Å². The van der Waals surface area contributed by atoms with E-state index < -0.39 is 10.0 Å². The number of anilines is 1. The van der Waals surface area contributed by atoms with Gasteiger partial charge in [0.1, 0.15) is 16.7 Å². The molecule has 6 nitrogen and oxygen atoms in total. The third-order valence-electron chi connectivity index (χ3n) is 3.70. The Morgan fingerprint density at radius 1 is 0.889 bits per heavy atom. The van der Waals surface area contributed by atoms with E-state index in [1.807, 2.05) is 18.2 Å². The number of rotatable bonds is 6. The topological polar surface area (TPSA) is 88.4 Å². The lowest BCUT2D eigenvalue weighted by Crippen LogP contribution is -2.14. The fraction of sp³-hybridized carbons (Fsp3) is 0.0500. The predicted molar refractivity (Wildman–Crippen MR) is 101 cm³/mol. The Balaban J connectivity index is 1.79. The van der Waals surface area contributed by atoms with E-state index in [1.165, 1.54) is 12.1 Å². The van der Waals surface area contributed by atoms with Crippen molar-refractivity contribution in [3.05, 3.63) is 78.4 Å². The molecule has 0 saturated carbocycles. The summed E-state index contributed by atoms with van der Waals surface area (Å²) in [6.07, 6.45) is 0. The minimum atomic E-state index is -3.87. The summed E-state index contributed by atoms with van der Waals surface area (Å²) >= 11 is 0. The molecule has 0 bridgehead atoms. The first-order valence-corrected chi connectivity index (χ1v) is 9.45. The van der Waals surface area contributed by atoms with Gasteiger partial charge in [-0.05, 0) is 48.5 Å². The highest BCUT2D eigenvalue weighted by molar-refractivity contribution is 7.92. The quantitative estimate of drug-likeness (QED) is 0.694. The van der Waals surface area contributed by atoms with E-state index in [-0.39, 0.29) is 10.5 Å². The molecule has 3 aromatic rings. The van der Waals surface area contributed by atoms with Gasteiger partial charge < -0.3 is 9.47 Å². The van der Waals surface area contributed by atoms with Gasteiger partial charge in [-0.3, -0.25) is 4.72 Å². The van der Waals surface area contributed by atoms with Crippen LogP contribution in [0.25, 0.3) is 0 Å². The molecule has 0 heterocycles. The molecule has 0 atom stereocenters. The van der Waals surface area contributed by atoms with Crippen LogP contribution in [-0.2, 0) is 10.0 Å². The highest BCUT2D eigenvalue weighted by Crippen LogP contribution is 2.31. The molecule has 0 aliphatic rings. The van der Waals surface area contributed by atoms with Crippen LogP contribution in [0, 0.1) is 11.3 Å². The van der Waals surface area contributed by atoms with Crippen LogP contribution in [-0.4, -0.2) is 15.5 Å². The fourth-order valence-electron chi connectivity index (χ4n) is 2.42. The Bertz CT molecular complexity index is 1090. The summed E-state index contributed by atoms with van der Waals surface area (Å²) in [5.74, 6) is 1.67. The summed E-state index contributed by atoms with van der Waals surface area (Å²) in [5.41, 5.74) is 0.441. The van der Waals surface area contributed by atoms with Crippen LogP contribution in [0.2, 0.25) is 0 Å². The summed E-state index contributed by atoms with van der Waals surface area (Å²) < 4.78 is 38.5. The van der Waals surface area contributed by atoms with Crippen molar-refractivity contribution in [3.63, 3.8) is 0 Å². The van der Waals surface area contributed by atoms with Crippen molar-refractivity contribution in [1.29, 1.82) is 5.26 Å². The molecule has 0 saturated heterocycles. The van der Waals surface area contributed by atoms with Gasteiger partial charge in [0.05, 0.1) is 12.7 Å². The van der Waals surface area contributed by atoms with E-state index in [4.69, 9.17) is 14.7 Å². The smallest absolute Gasteiger partial charge is 0.263 e. The summed E-state index contributed by atoms with van der Waals surface area (Å²) in [7, 11) is -2.32. The summed E-state index contributed by atoms with van der Waals surface area (Å²) in [4.78, 5) is -0.0677. The van der Waals surface area contributed by atoms with E-state index in [2.05, 4.69) is 4.72 Å². The second kappa shape index (κ2) is 7.81. The van der Waals surface area contributed by atoms with E-state index in [0.29, 0.717) is 22.9 Å². The van der Waals surface area contributed by atoms with Gasteiger partial charge in [-0.1, -0.05) is 24.3 Å². The van der Waals surface area contributed by atoms with Gasteiger partial charge >= 0.3 is 0 Å². The molecule has 1 N–H and O–H groups in total. The van der Waals surface area contributed by atoms with Gasteiger partial charge in [0, 0.05) is 5.69 Å². The minimum Gasteiger partial charge on any atom is -0.493 e. The maximum Gasteiger partial charge on any atom is 0.263 e. The largest absolute Gasteiger partial charge is 0.493 e. The van der Waals surface area contributed by atoms with Gasteiger partial charge in [-0.2, -0.15) is 5.26 Å². The lowest BCUT2D eigenvalue weighted by Gasteiger charge is -2.12. The maximum atomic E-state index is 12.5. The Morgan fingerprint density at radius 3 is 2.19 bits per heavy atom. The molecule has 0 radical (unpaired) electrons. The molecule has 0 unspecified atom stereocenters. The minimum absolute atomic E-state index is 0.0677. The number of benzene rings is 3. The number of nitrogens with one attached hydrogen (secondary N) is 1. The molecule has 0 aliphatic carbocycles. The second-order valence-electron chi connectivity index (χ2n) is 5.49. The third kappa shape index (κ3) is 4.19. The Morgan fingerprint density at radius 2 is 1.52 bits per heavy atom. The standard InChI is InChI=1S/C20H16N2O4S/c1-25-18-7-3-4-8-19(18)26-17-12-10-16(11-13-17)22-27(23,24)20-9-5-2-6-15(20)14-21/h2-13,22H,1H3. The van der Waals surface area contributed by atoms with E-state index in [1.54, 1.807) is 55.6 Å². The van der Waals surface area contributed by atoms with Gasteiger partial charge in [-0.15, -0.1) is 0 Å². The molecule has 0 fully saturated rings. The van der Waals surface area contributed by atoms with Crippen LogP contribution in [0.3, 0.4) is 0 Å². The average molecular weight is 380 g/mol. The number of ether oxygens (including phenoxy) is 2. The highest BCUT2D eigenvalue weighted by atomic mass is 32.2. The Labute approximate surface area is 157 Å². The van der Waals surface area contributed by atoms with Crippen LogP contribution < -0.4 is 14.2 Å². The number of hydrogen-bond acceptors (Lipinski definition) is 5. The van der Waals surface area contributed by atoms with E-state index in [0.717, 1.165) is 0 Å². The molecular weight excluding hydrogens is 364 g/mol. The number of sulfonamides is 1. The zero-order valence-corrected chi connectivity index (χ0v) is 15.2. The van der Waals surface area contributed by atoms with Crippen molar-refractivity contribution >= 4 is 15.7 Å². The molecule has 0 aliphatic heterocycles. The number of nitrogens with zero attached hydrogens (tertiary/aromatic N) is 1. The molecule has 0 spiro atoms. The molecule has 3 rings (SSSR count). The van der Waals surface area contributed by atoms with Crippen LogP contribution >= 0.6 is 0 Å². The molecule has 0 aromatic heterocycles. The maximum absolute atomic E-state index is 12.5. The number of nitriles is 1. The monoisotopic (exact) mass is 380 g/mol. The SMILES string of the molecule is COc1ccccc1Oc1ccc(NS(=O)(=O)c2ccccc2C#N)cc1. The Kier molecular flexibility index (Phi) is 5.29. The molecule has 136 valence electrons. The van der Waals surface area contributed by atoms with Crippen LogP contribution in [0.1, 0.15) is 5.56 Å². The van der Waals surface area contributed by atoms with Gasteiger partial charge in [0.15, 0.2) is 11.5 Å². The van der Waals surface area contributed by atoms with E-state index in [9.17, 15) is 8.42 Å². The number of methoxy groups -OCH3 is 1. The average Bonchev–Trinajstić information content (AvgIpc) is 2.69. The van der Waals surface area contributed by atoms with Crippen molar-refractivity contribution in [3.8, 4) is 23.3 Å². The number of hydrogen-bond donors (Lipinski definition) is 1. The van der Waals surface area contributed by atoms with Crippen LogP contribution in [0.4, 0.5) is 5.69 Å². The lowest BCUT2D eigenvalue weighted by atomic mass is 10.2. The highest BCUT2D eigenvalue weighted by Gasteiger charge is 2.18. The zero-order chi connectivity index (χ0) is 19.3. The van der Waals surface area contributed by atoms with Crippen molar-refractivity contribution < 1.29 is 17.9 Å². The van der Waals surface area contributed by atoms with Gasteiger partial charge in [-0.25, -0.2) is 8.42 Å². The molecule has 0 amide bonds. The second-order valence-corrected chi connectivity index (χ2v) is 7.14. The third-order valence-corrected chi connectivity index (χ3v) is 5.14. The van der Waals surface area contributed by atoms with Crippen molar-refractivity contribution in [2.24, 2.45) is 0 Å².